The van der Waals surface area contributed by atoms with Crippen LogP contribution in [0.25, 0.3) is 0 Å². The number of carboxylic acid groups (broad SMARTS) is 1. The van der Waals surface area contributed by atoms with Crippen LogP contribution in [0.15, 0.2) is 24.3 Å². The molecule has 0 aliphatic carbocycles. The number of hydrogen-bond donors (Lipinski definition) is 3. The van der Waals surface area contributed by atoms with E-state index in [0.29, 0.717) is 64.5 Å². The Morgan fingerprint density at radius 3 is 2.00 bits per heavy atom. The molecule has 0 bridgehead atoms. The number of benzene rings is 1. The minimum atomic E-state index is -0.853. The van der Waals surface area contributed by atoms with Crippen LogP contribution >= 0.6 is 12.2 Å². The number of nitrogens with one attached hydrogen (secondary N) is 2. The van der Waals surface area contributed by atoms with Crippen molar-refractivity contribution in [2.24, 2.45) is 0 Å². The van der Waals surface area contributed by atoms with E-state index in [4.69, 9.17) is 36.3 Å². The summed E-state index contributed by atoms with van der Waals surface area (Å²) in [6.07, 6.45) is 0.00493. The Labute approximate surface area is 171 Å². The Morgan fingerprint density at radius 1 is 0.929 bits per heavy atom. The highest BCUT2D eigenvalue weighted by Crippen LogP contribution is 2.09. The molecule has 0 unspecified atom stereocenters. The number of rotatable bonds is 16. The first-order valence-corrected chi connectivity index (χ1v) is 9.69. The molecule has 0 radical (unpaired) electrons. The predicted molar refractivity (Wildman–Crippen MR) is 111 cm³/mol. The van der Waals surface area contributed by atoms with Crippen molar-refractivity contribution >= 4 is 29.0 Å². The van der Waals surface area contributed by atoms with Crippen LogP contribution in [-0.2, 0) is 30.2 Å². The zero-order valence-corrected chi connectivity index (χ0v) is 17.1. The highest BCUT2D eigenvalue weighted by atomic mass is 32.1. The maximum absolute atomic E-state index is 10.7. The van der Waals surface area contributed by atoms with E-state index in [0.717, 1.165) is 11.3 Å². The van der Waals surface area contributed by atoms with E-state index in [1.165, 1.54) is 0 Å². The molecule has 1 rings (SSSR count). The topological polar surface area (TPSA) is 98.3 Å². The Morgan fingerprint density at radius 2 is 1.46 bits per heavy atom. The van der Waals surface area contributed by atoms with Gasteiger partial charge in [-0.15, -0.1) is 0 Å². The van der Waals surface area contributed by atoms with Gasteiger partial charge < -0.3 is 34.7 Å². The van der Waals surface area contributed by atoms with Crippen LogP contribution < -0.4 is 10.6 Å². The molecule has 0 atom stereocenters. The Hall–Kier alpha value is -1.78. The first-order valence-electron chi connectivity index (χ1n) is 9.28. The summed E-state index contributed by atoms with van der Waals surface area (Å²) in [4.78, 5) is 10.7. The molecule has 0 fully saturated rings. The lowest BCUT2D eigenvalue weighted by atomic mass is 10.1. The van der Waals surface area contributed by atoms with Crippen LogP contribution in [0.1, 0.15) is 12.5 Å². The molecule has 3 N–H and O–H groups in total. The normalized spacial score (nSPS) is 10.6. The molecule has 158 valence electrons. The van der Waals surface area contributed by atoms with E-state index in [9.17, 15) is 4.79 Å². The van der Waals surface area contributed by atoms with Crippen molar-refractivity contribution in [1.82, 2.24) is 5.32 Å². The summed E-state index contributed by atoms with van der Waals surface area (Å²) in [6.45, 7) is 7.03. The van der Waals surface area contributed by atoms with Crippen LogP contribution in [0, 0.1) is 0 Å². The zero-order valence-electron chi connectivity index (χ0n) is 16.3. The second-order valence-corrected chi connectivity index (χ2v) is 6.09. The minimum absolute atomic E-state index is 0.00493. The maximum atomic E-state index is 10.7. The lowest BCUT2D eigenvalue weighted by Crippen LogP contribution is -2.31. The average Bonchev–Trinajstić information content (AvgIpc) is 2.66. The van der Waals surface area contributed by atoms with Crippen LogP contribution in [0.5, 0.6) is 0 Å². The second kappa shape index (κ2) is 16.2. The quantitative estimate of drug-likeness (QED) is 0.276. The molecule has 28 heavy (non-hydrogen) atoms. The fourth-order valence-electron chi connectivity index (χ4n) is 2.10. The molecule has 0 aliphatic rings. The summed E-state index contributed by atoms with van der Waals surface area (Å²) >= 11 is 5.21. The number of anilines is 1. The van der Waals surface area contributed by atoms with E-state index in [1.807, 2.05) is 6.92 Å². The zero-order chi connectivity index (χ0) is 20.5. The fraction of sp³-hybridized carbons (Fsp3) is 0.579. The molecular weight excluding hydrogens is 384 g/mol. The summed E-state index contributed by atoms with van der Waals surface area (Å²) in [5.74, 6) is -0.853. The summed E-state index contributed by atoms with van der Waals surface area (Å²) in [6, 6.07) is 7.10. The Balaban J connectivity index is 1.94. The first kappa shape index (κ1) is 24.3. The molecule has 0 saturated carbocycles. The van der Waals surface area contributed by atoms with Crippen molar-refractivity contribution in [3.63, 3.8) is 0 Å². The van der Waals surface area contributed by atoms with Crippen molar-refractivity contribution in [3.8, 4) is 0 Å². The number of hydrogen-bond acceptors (Lipinski definition) is 6. The summed E-state index contributed by atoms with van der Waals surface area (Å²) < 4.78 is 21.3. The number of ether oxygens (including phenoxy) is 4. The van der Waals surface area contributed by atoms with Gasteiger partial charge in [0, 0.05) is 18.8 Å². The monoisotopic (exact) mass is 414 g/mol. The van der Waals surface area contributed by atoms with E-state index >= 15 is 0 Å². The van der Waals surface area contributed by atoms with Crippen molar-refractivity contribution < 1.29 is 28.8 Å². The van der Waals surface area contributed by atoms with Gasteiger partial charge in [0.05, 0.1) is 52.7 Å². The number of carbonyl (C=O) groups is 1. The SMILES string of the molecule is CCOCCOCCOCCOCCNC(=S)Nc1ccc(CC(=O)O)cc1. The van der Waals surface area contributed by atoms with Crippen LogP contribution in [-0.4, -0.2) is 75.6 Å². The molecule has 0 heterocycles. The highest BCUT2D eigenvalue weighted by Gasteiger charge is 2.01. The van der Waals surface area contributed by atoms with Gasteiger partial charge in [0.25, 0.3) is 0 Å². The van der Waals surface area contributed by atoms with Crippen LogP contribution in [0.2, 0.25) is 0 Å². The van der Waals surface area contributed by atoms with E-state index in [-0.39, 0.29) is 6.42 Å². The second-order valence-electron chi connectivity index (χ2n) is 5.68. The summed E-state index contributed by atoms with van der Waals surface area (Å²) in [5.41, 5.74) is 1.54. The highest BCUT2D eigenvalue weighted by molar-refractivity contribution is 7.80. The Bertz CT molecular complexity index is 556. The molecule has 1 aromatic rings. The van der Waals surface area contributed by atoms with Crippen molar-refractivity contribution in [2.75, 3.05) is 64.7 Å². The third-order valence-corrected chi connectivity index (χ3v) is 3.67. The van der Waals surface area contributed by atoms with Gasteiger partial charge in [-0.1, -0.05) is 12.1 Å². The molecule has 1 aromatic carbocycles. The minimum Gasteiger partial charge on any atom is -0.481 e. The van der Waals surface area contributed by atoms with Gasteiger partial charge in [0.2, 0.25) is 0 Å². The molecule has 9 heteroatoms. The van der Waals surface area contributed by atoms with E-state index in [1.54, 1.807) is 24.3 Å². The van der Waals surface area contributed by atoms with Gasteiger partial charge in [0.15, 0.2) is 5.11 Å². The van der Waals surface area contributed by atoms with Crippen molar-refractivity contribution in [2.45, 2.75) is 13.3 Å². The smallest absolute Gasteiger partial charge is 0.307 e. The predicted octanol–water partition coefficient (Wildman–Crippen LogP) is 1.69. The first-order chi connectivity index (χ1) is 13.6. The lowest BCUT2D eigenvalue weighted by molar-refractivity contribution is -0.136. The van der Waals surface area contributed by atoms with E-state index in [2.05, 4.69) is 10.6 Å². The molecule has 0 aromatic heterocycles. The molecule has 0 saturated heterocycles. The maximum Gasteiger partial charge on any atom is 0.307 e. The fourth-order valence-corrected chi connectivity index (χ4v) is 2.32. The Kier molecular flexibility index (Phi) is 14.0. The van der Waals surface area contributed by atoms with Gasteiger partial charge in [-0.25, -0.2) is 0 Å². The van der Waals surface area contributed by atoms with Gasteiger partial charge in [0.1, 0.15) is 0 Å². The number of carboxylic acids is 1. The molecule has 0 spiro atoms. The van der Waals surface area contributed by atoms with Gasteiger partial charge in [-0.05, 0) is 36.8 Å². The standard InChI is InChI=1S/C19H30N2O6S/c1-2-24-9-10-26-13-14-27-12-11-25-8-7-20-19(28)21-17-5-3-16(4-6-17)15-18(22)23/h3-6H,2,7-15H2,1H3,(H,22,23)(H2,20,21,28). The lowest BCUT2D eigenvalue weighted by Gasteiger charge is -2.11. The van der Waals surface area contributed by atoms with Gasteiger partial charge >= 0.3 is 5.97 Å². The number of thiocarbonyl (C=S) groups is 1. The van der Waals surface area contributed by atoms with Gasteiger partial charge in [-0.3, -0.25) is 4.79 Å². The van der Waals surface area contributed by atoms with Crippen molar-refractivity contribution in [1.29, 1.82) is 0 Å². The summed E-state index contributed by atoms with van der Waals surface area (Å²) in [7, 11) is 0. The molecule has 8 nitrogen and oxygen atoms in total. The van der Waals surface area contributed by atoms with E-state index < -0.39 is 5.97 Å². The molecular formula is C19H30N2O6S. The largest absolute Gasteiger partial charge is 0.481 e. The molecule has 0 aliphatic heterocycles. The third kappa shape index (κ3) is 13.4. The van der Waals surface area contributed by atoms with Crippen LogP contribution in [0.3, 0.4) is 0 Å². The molecule has 0 amide bonds. The van der Waals surface area contributed by atoms with Crippen LogP contribution in [0.4, 0.5) is 5.69 Å². The number of aliphatic carboxylic acids is 1. The average molecular weight is 415 g/mol. The van der Waals surface area contributed by atoms with Gasteiger partial charge in [-0.2, -0.15) is 0 Å². The summed E-state index contributed by atoms with van der Waals surface area (Å²) in [5, 5.41) is 15.3. The van der Waals surface area contributed by atoms with Crippen molar-refractivity contribution in [3.05, 3.63) is 29.8 Å². The third-order valence-electron chi connectivity index (χ3n) is 3.42.